The Hall–Kier alpha value is -1.55. The summed E-state index contributed by atoms with van der Waals surface area (Å²) in [4.78, 5) is 11.8. The molecule has 1 amide bonds. The van der Waals surface area contributed by atoms with Gasteiger partial charge in [0.2, 0.25) is 5.91 Å². The number of carbonyl (C=O) groups excluding carboxylic acids is 1. The first kappa shape index (κ1) is 9.66. The van der Waals surface area contributed by atoms with E-state index in [1.54, 1.807) is 12.1 Å². The number of carbonyl (C=O) groups is 1. The van der Waals surface area contributed by atoms with Crippen molar-refractivity contribution in [2.45, 2.75) is 18.9 Å². The van der Waals surface area contributed by atoms with Crippen LogP contribution in [0.5, 0.6) is 5.75 Å². The van der Waals surface area contributed by atoms with Crippen LogP contribution in [-0.2, 0) is 4.79 Å². The summed E-state index contributed by atoms with van der Waals surface area (Å²) in [5.41, 5.74) is 0.861. The van der Waals surface area contributed by atoms with Gasteiger partial charge in [-0.1, -0.05) is 18.2 Å². The predicted octanol–water partition coefficient (Wildman–Crippen LogP) is 1.29. The van der Waals surface area contributed by atoms with Gasteiger partial charge in [-0.15, -0.1) is 0 Å². The minimum atomic E-state index is 0.0243. The number of hydrogen-bond acceptors (Lipinski definition) is 3. The third kappa shape index (κ3) is 1.30. The molecule has 0 aliphatic carbocycles. The van der Waals surface area contributed by atoms with E-state index >= 15 is 0 Å². The van der Waals surface area contributed by atoms with E-state index < -0.39 is 0 Å². The lowest BCUT2D eigenvalue weighted by atomic mass is 10.0. The number of amides is 1. The second-order valence-corrected chi connectivity index (χ2v) is 4.31. The van der Waals surface area contributed by atoms with Gasteiger partial charge < -0.3 is 5.11 Å². The molecule has 0 saturated carbocycles. The number of rotatable bonds is 1. The highest BCUT2D eigenvalue weighted by Crippen LogP contribution is 2.39. The summed E-state index contributed by atoms with van der Waals surface area (Å²) < 4.78 is 0. The summed E-state index contributed by atoms with van der Waals surface area (Å²) in [5.74, 6) is 0.458. The van der Waals surface area contributed by atoms with Crippen molar-refractivity contribution in [2.75, 3.05) is 13.1 Å². The van der Waals surface area contributed by atoms with Crippen LogP contribution in [0.3, 0.4) is 0 Å². The molecule has 0 bridgehead atoms. The van der Waals surface area contributed by atoms with E-state index in [9.17, 15) is 9.90 Å². The Bertz CT molecular complexity index is 433. The van der Waals surface area contributed by atoms with Crippen molar-refractivity contribution in [3.05, 3.63) is 29.8 Å². The van der Waals surface area contributed by atoms with Crippen LogP contribution in [0.4, 0.5) is 0 Å². The fourth-order valence-corrected chi connectivity index (χ4v) is 2.64. The van der Waals surface area contributed by atoms with Gasteiger partial charge in [-0.3, -0.25) is 9.80 Å². The van der Waals surface area contributed by atoms with Gasteiger partial charge in [0.05, 0.1) is 6.04 Å². The molecule has 1 unspecified atom stereocenters. The third-order valence-electron chi connectivity index (χ3n) is 3.38. The van der Waals surface area contributed by atoms with E-state index in [0.717, 1.165) is 25.1 Å². The number of phenols is 1. The molecule has 0 radical (unpaired) electrons. The monoisotopic (exact) mass is 218 g/mol. The van der Waals surface area contributed by atoms with Crippen molar-refractivity contribution in [3.63, 3.8) is 0 Å². The van der Waals surface area contributed by atoms with Crippen LogP contribution in [0.2, 0.25) is 0 Å². The summed E-state index contributed by atoms with van der Waals surface area (Å²) in [6.07, 6.45) is 1.51. The molecule has 2 aliphatic heterocycles. The third-order valence-corrected chi connectivity index (χ3v) is 3.38. The highest BCUT2D eigenvalue weighted by Gasteiger charge is 2.41. The van der Waals surface area contributed by atoms with Crippen LogP contribution < -0.4 is 0 Å². The summed E-state index contributed by atoms with van der Waals surface area (Å²) in [5, 5.41) is 13.7. The van der Waals surface area contributed by atoms with E-state index in [0.29, 0.717) is 6.42 Å². The number of benzene rings is 1. The van der Waals surface area contributed by atoms with E-state index in [-0.39, 0.29) is 17.7 Å². The molecular weight excluding hydrogens is 204 g/mol. The lowest BCUT2D eigenvalue weighted by Crippen LogP contribution is -2.33. The lowest BCUT2D eigenvalue weighted by molar-refractivity contribution is -0.134. The number of nitrogens with zero attached hydrogens (tertiary/aromatic N) is 2. The number of para-hydroxylation sites is 1. The number of aromatic hydroxyl groups is 1. The molecular formula is C12H14N2O2. The van der Waals surface area contributed by atoms with E-state index in [4.69, 9.17) is 0 Å². The molecule has 2 heterocycles. The molecule has 1 aromatic carbocycles. The van der Waals surface area contributed by atoms with Crippen molar-refractivity contribution >= 4 is 5.91 Å². The summed E-state index contributed by atoms with van der Waals surface area (Å²) in [6.45, 7) is 1.73. The fraction of sp³-hybridized carbons (Fsp3) is 0.417. The first-order valence-corrected chi connectivity index (χ1v) is 5.62. The second kappa shape index (κ2) is 3.49. The Morgan fingerprint density at radius 3 is 2.88 bits per heavy atom. The van der Waals surface area contributed by atoms with E-state index in [1.165, 1.54) is 0 Å². The highest BCUT2D eigenvalue weighted by molar-refractivity contribution is 5.79. The van der Waals surface area contributed by atoms with Crippen molar-refractivity contribution in [1.29, 1.82) is 0 Å². The van der Waals surface area contributed by atoms with Gasteiger partial charge in [-0.2, -0.15) is 0 Å². The van der Waals surface area contributed by atoms with Gasteiger partial charge in [0.25, 0.3) is 0 Å². The van der Waals surface area contributed by atoms with Gasteiger partial charge in [-0.25, -0.2) is 5.01 Å². The standard InChI is InChI=1S/C12H14N2O2/c15-11-5-2-1-4-9(11)10-8-12(16)14-7-3-6-13(10)14/h1-2,4-5,10,15H,3,6-8H2. The van der Waals surface area contributed by atoms with E-state index in [1.807, 2.05) is 17.1 Å². The SMILES string of the molecule is O=C1CC(c2ccccc2O)N2CCCN12. The maximum Gasteiger partial charge on any atom is 0.238 e. The molecule has 4 heteroatoms. The van der Waals surface area contributed by atoms with Crippen molar-refractivity contribution < 1.29 is 9.90 Å². The minimum Gasteiger partial charge on any atom is -0.508 e. The first-order chi connectivity index (χ1) is 7.77. The Morgan fingerprint density at radius 2 is 2.06 bits per heavy atom. The summed E-state index contributed by atoms with van der Waals surface area (Å²) in [6, 6.07) is 7.31. The molecule has 0 aromatic heterocycles. The molecule has 0 spiro atoms. The smallest absolute Gasteiger partial charge is 0.238 e. The fourth-order valence-electron chi connectivity index (χ4n) is 2.64. The molecule has 2 aliphatic rings. The molecule has 3 rings (SSSR count). The molecule has 1 aromatic rings. The minimum absolute atomic E-state index is 0.0243. The largest absolute Gasteiger partial charge is 0.508 e. The maximum absolute atomic E-state index is 11.8. The molecule has 4 nitrogen and oxygen atoms in total. The van der Waals surface area contributed by atoms with Crippen LogP contribution in [0.25, 0.3) is 0 Å². The molecule has 2 saturated heterocycles. The summed E-state index contributed by atoms with van der Waals surface area (Å²) >= 11 is 0. The zero-order valence-corrected chi connectivity index (χ0v) is 8.97. The van der Waals surface area contributed by atoms with E-state index in [2.05, 4.69) is 5.01 Å². The zero-order chi connectivity index (χ0) is 11.1. The van der Waals surface area contributed by atoms with Crippen molar-refractivity contribution in [1.82, 2.24) is 10.0 Å². The van der Waals surface area contributed by atoms with Gasteiger partial charge in [0, 0.05) is 25.1 Å². The topological polar surface area (TPSA) is 43.8 Å². The first-order valence-electron chi connectivity index (χ1n) is 5.62. The quantitative estimate of drug-likeness (QED) is 0.772. The average Bonchev–Trinajstić information content (AvgIpc) is 2.84. The van der Waals surface area contributed by atoms with Gasteiger partial charge in [-0.05, 0) is 12.5 Å². The zero-order valence-electron chi connectivity index (χ0n) is 8.97. The number of fused-ring (bicyclic) bond motifs is 1. The molecule has 1 atom stereocenters. The van der Waals surface area contributed by atoms with Gasteiger partial charge in [0.15, 0.2) is 0 Å². The van der Waals surface area contributed by atoms with Crippen LogP contribution >= 0.6 is 0 Å². The molecule has 16 heavy (non-hydrogen) atoms. The van der Waals surface area contributed by atoms with Gasteiger partial charge in [0.1, 0.15) is 5.75 Å². The summed E-state index contributed by atoms with van der Waals surface area (Å²) in [7, 11) is 0. The lowest BCUT2D eigenvalue weighted by Gasteiger charge is -2.25. The van der Waals surface area contributed by atoms with Crippen molar-refractivity contribution in [3.8, 4) is 5.75 Å². The normalized spacial score (nSPS) is 25.1. The Morgan fingerprint density at radius 1 is 1.25 bits per heavy atom. The van der Waals surface area contributed by atoms with Crippen LogP contribution in [0.1, 0.15) is 24.4 Å². The number of hydrazine groups is 1. The second-order valence-electron chi connectivity index (χ2n) is 4.31. The molecule has 1 N–H and O–H groups in total. The highest BCUT2D eigenvalue weighted by atomic mass is 16.3. The molecule has 84 valence electrons. The molecule has 2 fully saturated rings. The Balaban J connectivity index is 1.96. The number of phenolic OH excluding ortho intramolecular Hbond substituents is 1. The predicted molar refractivity (Wildman–Crippen MR) is 58.5 cm³/mol. The van der Waals surface area contributed by atoms with Crippen LogP contribution in [0, 0.1) is 0 Å². The van der Waals surface area contributed by atoms with Crippen LogP contribution in [0.15, 0.2) is 24.3 Å². The average molecular weight is 218 g/mol. The van der Waals surface area contributed by atoms with Crippen LogP contribution in [-0.4, -0.2) is 34.1 Å². The maximum atomic E-state index is 11.8. The Labute approximate surface area is 94.1 Å². The van der Waals surface area contributed by atoms with Gasteiger partial charge >= 0.3 is 0 Å². The Kier molecular flexibility index (Phi) is 2.11. The van der Waals surface area contributed by atoms with Crippen molar-refractivity contribution in [2.24, 2.45) is 0 Å². The number of hydrogen-bond donors (Lipinski definition) is 1.